The van der Waals surface area contributed by atoms with E-state index in [-0.39, 0.29) is 10.9 Å². The van der Waals surface area contributed by atoms with Crippen LogP contribution in [-0.2, 0) is 6.42 Å². The zero-order valence-electron chi connectivity index (χ0n) is 24.6. The lowest BCUT2D eigenvalue weighted by molar-refractivity contribution is 0.0948. The maximum Gasteiger partial charge on any atom is 0.256 e. The first kappa shape index (κ1) is 28.6. The highest BCUT2D eigenvalue weighted by atomic mass is 32.2. The van der Waals surface area contributed by atoms with Crippen LogP contribution in [0, 0.1) is 17.7 Å². The van der Waals surface area contributed by atoms with Gasteiger partial charge in [-0.25, -0.2) is 4.39 Å². The smallest absolute Gasteiger partial charge is 0.256 e. The van der Waals surface area contributed by atoms with Crippen LogP contribution in [0.4, 0.5) is 4.39 Å². The van der Waals surface area contributed by atoms with Gasteiger partial charge in [-0.05, 0) is 65.8 Å². The highest BCUT2D eigenvalue weighted by Gasteiger charge is 2.30. The standard InChI is InChI=1S/C36H34FN3O3S/c1-2-22-10-7-11-23(22)13-16-39-36(42)28-21-40-30-18-24-8-3-4-9-25(24)19-31(30)43-34-32(40)27(33(28)41)20-29(37)35(34)44-17-14-26-12-5-6-15-38-26/h3-6,8-9,12,15,18-23H,2,7,10-11,13-14,16-17H2,1H3,(H,39,42). The van der Waals surface area contributed by atoms with Gasteiger partial charge < -0.3 is 14.6 Å². The van der Waals surface area contributed by atoms with E-state index in [9.17, 15) is 9.59 Å². The third kappa shape index (κ3) is 5.25. The van der Waals surface area contributed by atoms with Crippen molar-refractivity contribution in [3.05, 3.63) is 100 Å². The molecule has 1 amide bonds. The minimum absolute atomic E-state index is 0.00197. The molecule has 0 bridgehead atoms. The van der Waals surface area contributed by atoms with E-state index in [2.05, 4.69) is 17.2 Å². The lowest BCUT2D eigenvalue weighted by atomic mass is 9.91. The number of fused-ring (bicyclic) bond motifs is 3. The lowest BCUT2D eigenvalue weighted by Gasteiger charge is -2.26. The Bertz CT molecular complexity index is 1940. The number of hydrogen-bond donors (Lipinski definition) is 1. The monoisotopic (exact) mass is 607 g/mol. The van der Waals surface area contributed by atoms with Crippen LogP contribution < -0.4 is 15.5 Å². The van der Waals surface area contributed by atoms with E-state index in [1.54, 1.807) is 12.4 Å². The van der Waals surface area contributed by atoms with Gasteiger partial charge in [0.1, 0.15) is 16.9 Å². The first-order valence-electron chi connectivity index (χ1n) is 15.5. The van der Waals surface area contributed by atoms with E-state index < -0.39 is 17.2 Å². The molecule has 5 aromatic rings. The summed E-state index contributed by atoms with van der Waals surface area (Å²) in [6.07, 6.45) is 9.71. The molecule has 1 fully saturated rings. The second kappa shape index (κ2) is 12.1. The van der Waals surface area contributed by atoms with Gasteiger partial charge in [0.2, 0.25) is 5.43 Å². The molecule has 3 aromatic carbocycles. The van der Waals surface area contributed by atoms with Gasteiger partial charge in [-0.15, -0.1) is 11.8 Å². The summed E-state index contributed by atoms with van der Waals surface area (Å²) in [6.45, 7) is 2.74. The Morgan fingerprint density at radius 2 is 1.89 bits per heavy atom. The maximum absolute atomic E-state index is 15.9. The van der Waals surface area contributed by atoms with Crippen molar-refractivity contribution in [1.82, 2.24) is 14.9 Å². The SMILES string of the molecule is CCC1CCCC1CCNC(=O)c1cn2c3c(c(SCCc4ccccn4)c(F)cc3c1=O)Oc1cc3ccccc3cc1-2. The molecular formula is C36H34FN3O3S. The molecule has 7 rings (SSSR count). The minimum atomic E-state index is -0.546. The van der Waals surface area contributed by atoms with Crippen molar-refractivity contribution in [3.8, 4) is 17.2 Å². The largest absolute Gasteiger partial charge is 0.452 e. The number of nitrogens with zero attached hydrogens (tertiary/aromatic N) is 2. The Morgan fingerprint density at radius 3 is 2.68 bits per heavy atom. The number of carbonyl (C=O) groups is 1. The van der Waals surface area contributed by atoms with Crippen molar-refractivity contribution in [3.63, 3.8) is 0 Å². The number of ether oxygens (including phenoxy) is 1. The number of rotatable bonds is 9. The third-order valence-corrected chi connectivity index (χ3v) is 10.2. The number of thioether (sulfide) groups is 1. The van der Waals surface area contributed by atoms with Crippen LogP contribution in [0.25, 0.3) is 27.4 Å². The molecule has 0 saturated heterocycles. The normalized spacial score (nSPS) is 17.0. The molecule has 3 heterocycles. The molecule has 8 heteroatoms. The van der Waals surface area contributed by atoms with Crippen molar-refractivity contribution >= 4 is 39.3 Å². The predicted molar refractivity (Wildman–Crippen MR) is 174 cm³/mol. The van der Waals surface area contributed by atoms with Crippen molar-refractivity contribution < 1.29 is 13.9 Å². The predicted octanol–water partition coefficient (Wildman–Crippen LogP) is 8.06. The number of amides is 1. The molecule has 2 unspecified atom stereocenters. The number of aryl methyl sites for hydroxylation is 1. The molecule has 1 aliphatic heterocycles. The van der Waals surface area contributed by atoms with Crippen LogP contribution in [0.1, 0.15) is 55.1 Å². The summed E-state index contributed by atoms with van der Waals surface area (Å²) in [4.78, 5) is 32.0. The third-order valence-electron chi connectivity index (χ3n) is 9.17. The topological polar surface area (TPSA) is 73.2 Å². The lowest BCUT2D eigenvalue weighted by Crippen LogP contribution is -2.32. The molecule has 0 radical (unpaired) electrons. The van der Waals surface area contributed by atoms with Crippen LogP contribution >= 0.6 is 11.8 Å². The summed E-state index contributed by atoms with van der Waals surface area (Å²) in [5.74, 6) is 1.73. The van der Waals surface area contributed by atoms with Gasteiger partial charge in [-0.2, -0.15) is 0 Å². The molecule has 44 heavy (non-hydrogen) atoms. The minimum Gasteiger partial charge on any atom is -0.452 e. The molecule has 1 aliphatic carbocycles. The van der Waals surface area contributed by atoms with E-state index >= 15 is 4.39 Å². The van der Waals surface area contributed by atoms with E-state index in [0.717, 1.165) is 29.3 Å². The first-order valence-corrected chi connectivity index (χ1v) is 16.4. The molecule has 2 atom stereocenters. The molecule has 1 N–H and O–H groups in total. The van der Waals surface area contributed by atoms with E-state index in [1.165, 1.54) is 37.1 Å². The van der Waals surface area contributed by atoms with Crippen LogP contribution in [0.2, 0.25) is 0 Å². The van der Waals surface area contributed by atoms with E-state index in [4.69, 9.17) is 4.74 Å². The van der Waals surface area contributed by atoms with Crippen molar-refractivity contribution in [2.75, 3.05) is 12.3 Å². The fourth-order valence-corrected chi connectivity index (χ4v) is 7.86. The molecule has 2 aliphatic rings. The van der Waals surface area contributed by atoms with E-state index in [1.807, 2.05) is 59.2 Å². The molecule has 0 spiro atoms. The second-order valence-electron chi connectivity index (χ2n) is 11.7. The van der Waals surface area contributed by atoms with Crippen molar-refractivity contribution in [1.29, 1.82) is 0 Å². The number of nitrogens with one attached hydrogen (secondary N) is 1. The molecule has 1 saturated carbocycles. The van der Waals surface area contributed by atoms with Crippen LogP contribution in [0.3, 0.4) is 0 Å². The van der Waals surface area contributed by atoms with Gasteiger partial charge in [0.25, 0.3) is 5.91 Å². The number of pyridine rings is 2. The van der Waals surface area contributed by atoms with Gasteiger partial charge in [0.05, 0.1) is 16.0 Å². The van der Waals surface area contributed by atoms with Gasteiger partial charge in [-0.3, -0.25) is 14.6 Å². The zero-order chi connectivity index (χ0) is 30.2. The Balaban J connectivity index is 1.29. The first-order chi connectivity index (χ1) is 21.5. The summed E-state index contributed by atoms with van der Waals surface area (Å²) in [5, 5.41) is 5.09. The quantitative estimate of drug-likeness (QED) is 0.168. The number of hydrogen-bond acceptors (Lipinski definition) is 5. The Hall–Kier alpha value is -4.17. The number of halogens is 1. The van der Waals surface area contributed by atoms with Crippen LogP contribution in [0.15, 0.2) is 82.7 Å². The summed E-state index contributed by atoms with van der Waals surface area (Å²) in [6, 6.07) is 18.8. The van der Waals surface area contributed by atoms with E-state index in [0.29, 0.717) is 58.2 Å². The molecule has 224 valence electrons. The highest BCUT2D eigenvalue weighted by Crippen LogP contribution is 2.47. The van der Waals surface area contributed by atoms with Gasteiger partial charge >= 0.3 is 0 Å². The Labute approximate surface area is 259 Å². The van der Waals surface area contributed by atoms with Crippen molar-refractivity contribution in [2.24, 2.45) is 11.8 Å². The summed E-state index contributed by atoms with van der Waals surface area (Å²) in [5.41, 5.74) is 1.58. The highest BCUT2D eigenvalue weighted by molar-refractivity contribution is 7.99. The van der Waals surface area contributed by atoms with Gasteiger partial charge in [0.15, 0.2) is 11.5 Å². The molecule has 6 nitrogen and oxygen atoms in total. The number of aromatic nitrogens is 2. The average molecular weight is 608 g/mol. The second-order valence-corrected chi connectivity index (χ2v) is 12.9. The molecule has 2 aromatic heterocycles. The number of carbonyl (C=O) groups excluding carboxylic acids is 1. The summed E-state index contributed by atoms with van der Waals surface area (Å²) < 4.78 is 24.1. The maximum atomic E-state index is 15.9. The van der Waals surface area contributed by atoms with Gasteiger partial charge in [-0.1, -0.05) is 62.9 Å². The fraction of sp³-hybridized carbons (Fsp3) is 0.306. The Morgan fingerprint density at radius 1 is 1.09 bits per heavy atom. The van der Waals surface area contributed by atoms with Crippen molar-refractivity contribution in [2.45, 2.75) is 50.3 Å². The fourth-order valence-electron chi connectivity index (χ4n) is 6.88. The zero-order valence-corrected chi connectivity index (χ0v) is 25.5. The summed E-state index contributed by atoms with van der Waals surface area (Å²) in [7, 11) is 0. The summed E-state index contributed by atoms with van der Waals surface area (Å²) >= 11 is 1.34. The van der Waals surface area contributed by atoms with Crippen LogP contribution in [0.5, 0.6) is 11.5 Å². The van der Waals surface area contributed by atoms with Gasteiger partial charge in [0, 0.05) is 30.4 Å². The Kier molecular flexibility index (Phi) is 7.85. The average Bonchev–Trinajstić information content (AvgIpc) is 3.50. The molecular weight excluding hydrogens is 573 g/mol. The van der Waals surface area contributed by atoms with Crippen LogP contribution in [-0.4, -0.2) is 27.8 Å². The number of benzene rings is 3.